The Kier molecular flexibility index (Phi) is 3.36. The first-order valence-electron chi connectivity index (χ1n) is 7.83. The fourth-order valence-electron chi connectivity index (χ4n) is 3.28. The van der Waals surface area contributed by atoms with E-state index in [1.54, 1.807) is 11.1 Å². The van der Waals surface area contributed by atoms with Crippen LogP contribution in [-0.2, 0) is 17.8 Å². The molecule has 0 aromatic carbocycles. The van der Waals surface area contributed by atoms with Gasteiger partial charge in [0.25, 0.3) is 0 Å². The topological polar surface area (TPSA) is 94.2 Å². The number of aromatic nitrogens is 3. The molecule has 2 aromatic rings. The van der Waals surface area contributed by atoms with Crippen molar-refractivity contribution in [3.05, 3.63) is 23.5 Å². The van der Waals surface area contributed by atoms with E-state index in [0.717, 1.165) is 23.0 Å². The molecule has 3 amide bonds. The minimum atomic E-state index is -0.000518. The molecule has 2 aliphatic rings. The number of carbonyl (C=O) groups excluding carboxylic acids is 2. The average molecular weight is 314 g/mol. The van der Waals surface area contributed by atoms with Gasteiger partial charge in [0.2, 0.25) is 5.91 Å². The molecule has 1 fully saturated rings. The predicted octanol–water partition coefficient (Wildman–Crippen LogP) is 0.258. The summed E-state index contributed by atoms with van der Waals surface area (Å²) in [7, 11) is 0. The summed E-state index contributed by atoms with van der Waals surface area (Å²) in [6.07, 6.45) is 4.78. The van der Waals surface area contributed by atoms with E-state index in [2.05, 4.69) is 20.5 Å². The standard InChI is InChI=1S/C15H18N6O2/c22-13-2-5-20(6-3-16-13)15(23)21-4-1-11-10(9-21)7-17-14-12(11)8-18-19-14/h7-8H,1-6,9H2,(H,16,22)(H,17,18,19). The number of carbonyl (C=O) groups is 2. The third-order valence-corrected chi connectivity index (χ3v) is 4.53. The van der Waals surface area contributed by atoms with E-state index in [1.807, 2.05) is 11.1 Å². The highest BCUT2D eigenvalue weighted by atomic mass is 16.2. The molecule has 0 spiro atoms. The first-order valence-corrected chi connectivity index (χ1v) is 7.83. The molecule has 0 atom stereocenters. The number of fused-ring (bicyclic) bond motifs is 3. The lowest BCUT2D eigenvalue weighted by Gasteiger charge is -2.33. The van der Waals surface area contributed by atoms with Crippen LogP contribution in [0.3, 0.4) is 0 Å². The number of H-pyrrole nitrogens is 1. The zero-order chi connectivity index (χ0) is 15.8. The van der Waals surface area contributed by atoms with Crippen molar-refractivity contribution in [2.75, 3.05) is 26.2 Å². The summed E-state index contributed by atoms with van der Waals surface area (Å²) >= 11 is 0. The van der Waals surface area contributed by atoms with Crippen molar-refractivity contribution in [3.8, 4) is 0 Å². The summed E-state index contributed by atoms with van der Waals surface area (Å²) in [5.74, 6) is 0.0100. The Morgan fingerprint density at radius 1 is 1.13 bits per heavy atom. The number of hydrogen-bond acceptors (Lipinski definition) is 4. The Bertz CT molecular complexity index is 770. The molecule has 2 N–H and O–H groups in total. The smallest absolute Gasteiger partial charge is 0.320 e. The third kappa shape index (κ3) is 2.49. The van der Waals surface area contributed by atoms with Gasteiger partial charge in [-0.05, 0) is 17.5 Å². The van der Waals surface area contributed by atoms with E-state index in [4.69, 9.17) is 0 Å². The molecule has 4 rings (SSSR count). The Morgan fingerprint density at radius 3 is 2.91 bits per heavy atom. The van der Waals surface area contributed by atoms with Gasteiger partial charge in [-0.15, -0.1) is 0 Å². The third-order valence-electron chi connectivity index (χ3n) is 4.53. The SMILES string of the molecule is O=C1CCN(C(=O)N2CCc3c(cnc4[nH]ncc34)C2)CCN1. The minimum Gasteiger partial charge on any atom is -0.354 e. The number of urea groups is 1. The normalized spacial score (nSPS) is 18.5. The summed E-state index contributed by atoms with van der Waals surface area (Å²) < 4.78 is 0. The van der Waals surface area contributed by atoms with Crippen molar-refractivity contribution < 1.29 is 9.59 Å². The van der Waals surface area contributed by atoms with Gasteiger partial charge in [0.15, 0.2) is 5.65 Å². The number of rotatable bonds is 0. The molecule has 23 heavy (non-hydrogen) atoms. The van der Waals surface area contributed by atoms with Crippen LogP contribution >= 0.6 is 0 Å². The molecule has 2 aromatic heterocycles. The highest BCUT2D eigenvalue weighted by molar-refractivity contribution is 5.81. The molecule has 0 unspecified atom stereocenters. The van der Waals surface area contributed by atoms with Gasteiger partial charge < -0.3 is 15.1 Å². The molecule has 0 radical (unpaired) electrons. The van der Waals surface area contributed by atoms with Crippen LogP contribution in [0.25, 0.3) is 11.0 Å². The zero-order valence-corrected chi connectivity index (χ0v) is 12.7. The van der Waals surface area contributed by atoms with Crippen LogP contribution in [0.4, 0.5) is 4.79 Å². The predicted molar refractivity (Wildman–Crippen MR) is 82.6 cm³/mol. The molecule has 0 aliphatic carbocycles. The molecule has 120 valence electrons. The Balaban J connectivity index is 1.53. The molecule has 2 aliphatic heterocycles. The van der Waals surface area contributed by atoms with Gasteiger partial charge in [-0.3, -0.25) is 9.89 Å². The van der Waals surface area contributed by atoms with E-state index in [1.165, 1.54) is 5.56 Å². The summed E-state index contributed by atoms with van der Waals surface area (Å²) in [6.45, 7) is 2.79. The number of hydrogen-bond donors (Lipinski definition) is 2. The Hall–Kier alpha value is -2.64. The van der Waals surface area contributed by atoms with E-state index >= 15 is 0 Å². The van der Waals surface area contributed by atoms with Crippen molar-refractivity contribution >= 4 is 23.0 Å². The molecule has 8 heteroatoms. The van der Waals surface area contributed by atoms with Crippen LogP contribution in [0.15, 0.2) is 12.4 Å². The molecule has 1 saturated heterocycles. The van der Waals surface area contributed by atoms with Gasteiger partial charge in [0.1, 0.15) is 0 Å². The van der Waals surface area contributed by atoms with Crippen molar-refractivity contribution in [2.45, 2.75) is 19.4 Å². The molecule has 4 heterocycles. The second-order valence-electron chi connectivity index (χ2n) is 5.94. The summed E-state index contributed by atoms with van der Waals surface area (Å²) in [6, 6.07) is -0.000518. The monoisotopic (exact) mass is 314 g/mol. The minimum absolute atomic E-state index is 0.000518. The molecule has 8 nitrogen and oxygen atoms in total. The van der Waals surface area contributed by atoms with Crippen molar-refractivity contribution in [1.82, 2.24) is 30.3 Å². The molecule has 0 bridgehead atoms. The van der Waals surface area contributed by atoms with Crippen LogP contribution in [0, 0.1) is 0 Å². The highest BCUT2D eigenvalue weighted by Crippen LogP contribution is 2.25. The number of aromatic amines is 1. The summed E-state index contributed by atoms with van der Waals surface area (Å²) in [5.41, 5.74) is 3.09. The highest BCUT2D eigenvalue weighted by Gasteiger charge is 2.27. The zero-order valence-electron chi connectivity index (χ0n) is 12.7. The number of nitrogens with zero attached hydrogens (tertiary/aromatic N) is 4. The van der Waals surface area contributed by atoms with E-state index in [-0.39, 0.29) is 11.9 Å². The molecule has 0 saturated carbocycles. The lowest BCUT2D eigenvalue weighted by Crippen LogP contribution is -2.46. The number of amides is 3. The van der Waals surface area contributed by atoms with Crippen LogP contribution in [0.2, 0.25) is 0 Å². The van der Waals surface area contributed by atoms with Gasteiger partial charge in [-0.2, -0.15) is 5.10 Å². The second kappa shape index (κ2) is 5.53. The van der Waals surface area contributed by atoms with Crippen molar-refractivity contribution in [3.63, 3.8) is 0 Å². The fraction of sp³-hybridized carbons (Fsp3) is 0.467. The van der Waals surface area contributed by atoms with Gasteiger partial charge in [0, 0.05) is 50.7 Å². The van der Waals surface area contributed by atoms with Gasteiger partial charge in [-0.25, -0.2) is 9.78 Å². The van der Waals surface area contributed by atoms with Crippen molar-refractivity contribution in [1.29, 1.82) is 0 Å². The maximum absolute atomic E-state index is 12.7. The van der Waals surface area contributed by atoms with Crippen LogP contribution in [0.1, 0.15) is 17.5 Å². The number of pyridine rings is 1. The second-order valence-corrected chi connectivity index (χ2v) is 5.94. The van der Waals surface area contributed by atoms with E-state index in [0.29, 0.717) is 39.1 Å². The molecular formula is C15H18N6O2. The van der Waals surface area contributed by atoms with Gasteiger partial charge >= 0.3 is 6.03 Å². The summed E-state index contributed by atoms with van der Waals surface area (Å²) in [4.78, 5) is 32.1. The average Bonchev–Trinajstić information content (AvgIpc) is 2.95. The van der Waals surface area contributed by atoms with Crippen LogP contribution in [0.5, 0.6) is 0 Å². The van der Waals surface area contributed by atoms with Crippen molar-refractivity contribution in [2.24, 2.45) is 0 Å². The van der Waals surface area contributed by atoms with E-state index in [9.17, 15) is 9.59 Å². The lowest BCUT2D eigenvalue weighted by atomic mass is 9.99. The number of nitrogens with one attached hydrogen (secondary N) is 2. The first kappa shape index (κ1) is 14.0. The molecular weight excluding hydrogens is 296 g/mol. The maximum Gasteiger partial charge on any atom is 0.320 e. The quantitative estimate of drug-likeness (QED) is 0.729. The fourth-order valence-corrected chi connectivity index (χ4v) is 3.28. The Morgan fingerprint density at radius 2 is 2.00 bits per heavy atom. The van der Waals surface area contributed by atoms with Crippen LogP contribution in [-0.4, -0.2) is 63.1 Å². The lowest BCUT2D eigenvalue weighted by molar-refractivity contribution is -0.120. The van der Waals surface area contributed by atoms with E-state index < -0.39 is 0 Å². The Labute approximate surface area is 132 Å². The van der Waals surface area contributed by atoms with Gasteiger partial charge in [0.05, 0.1) is 6.20 Å². The van der Waals surface area contributed by atoms with Crippen LogP contribution < -0.4 is 5.32 Å². The summed E-state index contributed by atoms with van der Waals surface area (Å²) in [5, 5.41) is 10.8. The first-order chi connectivity index (χ1) is 11.2. The maximum atomic E-state index is 12.7. The largest absolute Gasteiger partial charge is 0.354 e. The van der Waals surface area contributed by atoms with Gasteiger partial charge in [-0.1, -0.05) is 0 Å².